The average Bonchev–Trinajstić information content (AvgIpc) is 3.07. The number of nitrogens with zero attached hydrogens (tertiary/aromatic N) is 4. The van der Waals surface area contributed by atoms with Crippen LogP contribution in [0.15, 0.2) is 24.5 Å². The van der Waals surface area contributed by atoms with E-state index in [0.717, 1.165) is 57.8 Å². The van der Waals surface area contributed by atoms with E-state index in [2.05, 4.69) is 9.88 Å². The van der Waals surface area contributed by atoms with Crippen LogP contribution in [-0.4, -0.2) is 78.1 Å². The molecule has 146 valence electrons. The molecule has 0 saturated carbocycles. The zero-order chi connectivity index (χ0) is 18.9. The van der Waals surface area contributed by atoms with Gasteiger partial charge >= 0.3 is 0 Å². The Labute approximate surface area is 160 Å². The van der Waals surface area contributed by atoms with Crippen LogP contribution in [0.2, 0.25) is 0 Å². The minimum Gasteiger partial charge on any atom is -0.381 e. The van der Waals surface area contributed by atoms with E-state index in [9.17, 15) is 9.59 Å². The highest BCUT2D eigenvalue weighted by atomic mass is 16.5. The van der Waals surface area contributed by atoms with Crippen molar-refractivity contribution in [2.24, 2.45) is 5.92 Å². The van der Waals surface area contributed by atoms with Crippen molar-refractivity contribution in [2.45, 2.75) is 31.7 Å². The molecule has 1 atom stereocenters. The second-order valence-corrected chi connectivity index (χ2v) is 8.06. The first-order chi connectivity index (χ1) is 13.1. The molecule has 27 heavy (non-hydrogen) atoms. The molecule has 3 aliphatic rings. The Morgan fingerprint density at radius 1 is 1.33 bits per heavy atom. The van der Waals surface area contributed by atoms with E-state index in [1.165, 1.54) is 0 Å². The minimum absolute atomic E-state index is 0.0119. The maximum Gasteiger partial charge on any atom is 0.246 e. The largest absolute Gasteiger partial charge is 0.381 e. The Morgan fingerprint density at radius 2 is 2.15 bits per heavy atom. The fourth-order valence-corrected chi connectivity index (χ4v) is 4.79. The lowest BCUT2D eigenvalue weighted by Gasteiger charge is -2.48. The van der Waals surface area contributed by atoms with Gasteiger partial charge in [0.15, 0.2) is 0 Å². The lowest BCUT2D eigenvalue weighted by atomic mass is 9.91. The third kappa shape index (κ3) is 3.71. The van der Waals surface area contributed by atoms with Crippen molar-refractivity contribution in [1.29, 1.82) is 0 Å². The summed E-state index contributed by atoms with van der Waals surface area (Å²) in [5.41, 5.74) is 0.508. The third-order valence-electron chi connectivity index (χ3n) is 6.23. The number of rotatable bonds is 3. The molecule has 4 heterocycles. The van der Waals surface area contributed by atoms with E-state index in [-0.39, 0.29) is 23.9 Å². The Morgan fingerprint density at radius 3 is 2.85 bits per heavy atom. The molecule has 0 unspecified atom stereocenters. The van der Waals surface area contributed by atoms with Gasteiger partial charge in [0.25, 0.3) is 0 Å². The molecule has 7 heteroatoms. The zero-order valence-electron chi connectivity index (χ0n) is 16.0. The summed E-state index contributed by atoms with van der Waals surface area (Å²) in [6.07, 6.45) is 6.56. The molecule has 3 aliphatic heterocycles. The molecule has 2 amide bonds. The van der Waals surface area contributed by atoms with Gasteiger partial charge < -0.3 is 19.4 Å². The summed E-state index contributed by atoms with van der Waals surface area (Å²) in [5, 5.41) is 0. The fraction of sp³-hybridized carbons (Fsp3) is 0.650. The highest BCUT2D eigenvalue weighted by Crippen LogP contribution is 2.35. The minimum atomic E-state index is -0.305. The van der Waals surface area contributed by atoms with Crippen LogP contribution in [0.25, 0.3) is 0 Å². The van der Waals surface area contributed by atoms with Gasteiger partial charge in [-0.2, -0.15) is 0 Å². The van der Waals surface area contributed by atoms with Gasteiger partial charge in [-0.25, -0.2) is 0 Å². The Hall–Kier alpha value is -1.99. The zero-order valence-corrected chi connectivity index (χ0v) is 16.0. The number of hydrogen-bond acceptors (Lipinski definition) is 5. The highest BCUT2D eigenvalue weighted by molar-refractivity contribution is 5.98. The van der Waals surface area contributed by atoms with E-state index < -0.39 is 0 Å². The smallest absolute Gasteiger partial charge is 0.246 e. The summed E-state index contributed by atoms with van der Waals surface area (Å²) < 4.78 is 5.48. The summed E-state index contributed by atoms with van der Waals surface area (Å²) in [5.74, 6) is 0.619. The SMILES string of the molecule is CC(=O)N1CC(=O)N(c2cccnc2)C[C@@]12CCN(CC1CCOCC1)C2. The van der Waals surface area contributed by atoms with E-state index in [1.54, 1.807) is 19.3 Å². The number of hydrogen-bond donors (Lipinski definition) is 0. The van der Waals surface area contributed by atoms with Gasteiger partial charge in [-0.05, 0) is 37.3 Å². The molecule has 7 nitrogen and oxygen atoms in total. The number of aromatic nitrogens is 1. The summed E-state index contributed by atoms with van der Waals surface area (Å²) >= 11 is 0. The van der Waals surface area contributed by atoms with Crippen molar-refractivity contribution in [3.63, 3.8) is 0 Å². The number of ether oxygens (including phenoxy) is 1. The van der Waals surface area contributed by atoms with Gasteiger partial charge in [0.05, 0.1) is 24.0 Å². The molecule has 3 fully saturated rings. The highest BCUT2D eigenvalue weighted by Gasteiger charge is 2.50. The first-order valence-corrected chi connectivity index (χ1v) is 9.86. The molecule has 1 aromatic rings. The molecule has 0 aliphatic carbocycles. The van der Waals surface area contributed by atoms with Crippen molar-refractivity contribution in [2.75, 3.05) is 50.8 Å². The maximum atomic E-state index is 12.7. The van der Waals surface area contributed by atoms with Gasteiger partial charge in [-0.15, -0.1) is 0 Å². The van der Waals surface area contributed by atoms with Gasteiger partial charge in [0, 0.05) is 46.0 Å². The molecular weight excluding hydrogens is 344 g/mol. The van der Waals surface area contributed by atoms with Crippen LogP contribution < -0.4 is 4.90 Å². The fourth-order valence-electron chi connectivity index (χ4n) is 4.79. The first-order valence-electron chi connectivity index (χ1n) is 9.86. The van der Waals surface area contributed by atoms with Crippen LogP contribution in [-0.2, 0) is 14.3 Å². The van der Waals surface area contributed by atoms with E-state index in [0.29, 0.717) is 12.5 Å². The van der Waals surface area contributed by atoms with Crippen LogP contribution in [0.3, 0.4) is 0 Å². The molecule has 3 saturated heterocycles. The topological polar surface area (TPSA) is 66.0 Å². The second-order valence-electron chi connectivity index (χ2n) is 8.06. The van der Waals surface area contributed by atoms with E-state index >= 15 is 0 Å². The van der Waals surface area contributed by atoms with Crippen molar-refractivity contribution < 1.29 is 14.3 Å². The van der Waals surface area contributed by atoms with Crippen LogP contribution in [0.4, 0.5) is 5.69 Å². The Kier molecular flexibility index (Phi) is 5.14. The number of piperazine rings is 1. The summed E-state index contributed by atoms with van der Waals surface area (Å²) in [4.78, 5) is 35.3. The van der Waals surface area contributed by atoms with E-state index in [1.807, 2.05) is 21.9 Å². The summed E-state index contributed by atoms with van der Waals surface area (Å²) in [6.45, 7) is 6.83. The number of anilines is 1. The lowest BCUT2D eigenvalue weighted by molar-refractivity contribution is -0.142. The predicted molar refractivity (Wildman–Crippen MR) is 101 cm³/mol. The first kappa shape index (κ1) is 18.4. The van der Waals surface area contributed by atoms with Gasteiger partial charge in [0.1, 0.15) is 6.54 Å². The van der Waals surface area contributed by atoms with Gasteiger partial charge in [-0.1, -0.05) is 0 Å². The van der Waals surface area contributed by atoms with Crippen molar-refractivity contribution in [1.82, 2.24) is 14.8 Å². The third-order valence-corrected chi connectivity index (χ3v) is 6.23. The summed E-state index contributed by atoms with van der Waals surface area (Å²) in [7, 11) is 0. The van der Waals surface area contributed by atoms with Gasteiger partial charge in [0.2, 0.25) is 11.8 Å². The number of pyridine rings is 1. The van der Waals surface area contributed by atoms with Crippen LogP contribution in [0.5, 0.6) is 0 Å². The number of carbonyl (C=O) groups excluding carboxylic acids is 2. The molecule has 0 radical (unpaired) electrons. The lowest BCUT2D eigenvalue weighted by Crippen LogP contribution is -2.66. The normalized spacial score (nSPS) is 27.5. The Bertz CT molecular complexity index is 692. The van der Waals surface area contributed by atoms with E-state index in [4.69, 9.17) is 4.74 Å². The molecule has 1 aromatic heterocycles. The molecule has 0 aromatic carbocycles. The second kappa shape index (κ2) is 7.56. The van der Waals surface area contributed by atoms with Crippen LogP contribution >= 0.6 is 0 Å². The number of amides is 2. The molecular formula is C20H28N4O3. The number of carbonyl (C=O) groups is 2. The predicted octanol–water partition coefficient (Wildman–Crippen LogP) is 1.15. The molecule has 4 rings (SSSR count). The van der Waals surface area contributed by atoms with Crippen LogP contribution in [0, 0.1) is 5.92 Å². The maximum absolute atomic E-state index is 12.7. The standard InChI is InChI=1S/C20H28N4O3/c1-16(25)24-13-19(26)23(18-3-2-7-21-11-18)15-20(24)6-8-22(14-20)12-17-4-9-27-10-5-17/h2-3,7,11,17H,4-6,8-10,12-15H2,1H3/t20-/m0/s1. The molecule has 1 spiro atoms. The summed E-state index contributed by atoms with van der Waals surface area (Å²) in [6, 6.07) is 3.76. The van der Waals surface area contributed by atoms with Gasteiger partial charge in [-0.3, -0.25) is 14.6 Å². The van der Waals surface area contributed by atoms with Crippen molar-refractivity contribution >= 4 is 17.5 Å². The van der Waals surface area contributed by atoms with Crippen molar-refractivity contribution in [3.8, 4) is 0 Å². The Balaban J connectivity index is 1.52. The quantitative estimate of drug-likeness (QED) is 0.796. The van der Waals surface area contributed by atoms with Crippen LogP contribution in [0.1, 0.15) is 26.2 Å². The van der Waals surface area contributed by atoms with Crippen molar-refractivity contribution in [3.05, 3.63) is 24.5 Å². The molecule has 0 bridgehead atoms. The average molecular weight is 372 g/mol. The number of likely N-dealkylation sites (tertiary alicyclic amines) is 1. The monoisotopic (exact) mass is 372 g/mol. The molecule has 0 N–H and O–H groups in total.